The van der Waals surface area contributed by atoms with Crippen LogP contribution >= 0.6 is 27.5 Å². The van der Waals surface area contributed by atoms with Gasteiger partial charge in [-0.1, -0.05) is 70.0 Å². The highest BCUT2D eigenvalue weighted by molar-refractivity contribution is 9.10. The number of hydrogen-bond acceptors (Lipinski definition) is 5. The Labute approximate surface area is 200 Å². The van der Waals surface area contributed by atoms with Crippen molar-refractivity contribution in [1.29, 1.82) is 0 Å². The molecular formula is C24H22BrClN4O2. The average Bonchev–Trinajstić information content (AvgIpc) is 3.29. The molecule has 0 aliphatic carbocycles. The fourth-order valence-corrected chi connectivity index (χ4v) is 3.96. The van der Waals surface area contributed by atoms with E-state index in [0.717, 1.165) is 26.9 Å². The van der Waals surface area contributed by atoms with Crippen molar-refractivity contribution in [1.82, 2.24) is 16.3 Å². The van der Waals surface area contributed by atoms with E-state index >= 15 is 0 Å². The molecule has 0 spiro atoms. The topological polar surface area (TPSA) is 74.8 Å². The summed E-state index contributed by atoms with van der Waals surface area (Å²) in [7, 11) is 0. The molecule has 4 rings (SSSR count). The summed E-state index contributed by atoms with van der Waals surface area (Å²) in [6.07, 6.45) is 2.22. The zero-order valence-electron chi connectivity index (χ0n) is 17.1. The molecule has 1 aliphatic heterocycles. The summed E-state index contributed by atoms with van der Waals surface area (Å²) in [6, 6.07) is 22.8. The van der Waals surface area contributed by atoms with Crippen molar-refractivity contribution < 1.29 is 9.53 Å². The predicted molar refractivity (Wildman–Crippen MR) is 130 cm³/mol. The maximum atomic E-state index is 12.4. The van der Waals surface area contributed by atoms with Gasteiger partial charge in [-0.05, 0) is 47.9 Å². The Morgan fingerprint density at radius 1 is 1.12 bits per heavy atom. The van der Waals surface area contributed by atoms with Gasteiger partial charge in [-0.15, -0.1) is 0 Å². The number of hydrazine groups is 1. The average molecular weight is 514 g/mol. The molecule has 2 atom stereocenters. The summed E-state index contributed by atoms with van der Waals surface area (Å²) in [5.41, 5.74) is 11.7. The Hall–Kier alpha value is -2.71. The zero-order chi connectivity index (χ0) is 22.3. The van der Waals surface area contributed by atoms with Gasteiger partial charge in [0.2, 0.25) is 0 Å². The highest BCUT2D eigenvalue weighted by Gasteiger charge is 2.30. The van der Waals surface area contributed by atoms with E-state index in [-0.39, 0.29) is 18.0 Å². The Bertz CT molecular complexity index is 1110. The van der Waals surface area contributed by atoms with Crippen LogP contribution in [0, 0.1) is 0 Å². The van der Waals surface area contributed by atoms with Crippen molar-refractivity contribution in [3.05, 3.63) is 99.0 Å². The number of hydrazone groups is 1. The smallest absolute Gasteiger partial charge is 0.258 e. The first-order chi connectivity index (χ1) is 15.6. The standard InChI is InChI=1S/C24H22BrClN4O2/c25-19-6-3-4-16(12-19)14-27-30-24(31)23-13-22(28-29-23)17-8-10-20(11-9-17)32-15-18-5-1-2-7-21(18)26/h1-12,14,22-23,28-29H,13,15H2,(H,30,31)/b27-14+. The van der Waals surface area contributed by atoms with Crippen LogP contribution in [-0.4, -0.2) is 18.2 Å². The van der Waals surface area contributed by atoms with E-state index in [2.05, 4.69) is 37.3 Å². The SMILES string of the molecule is O=C(N/N=C/c1cccc(Br)c1)C1CC(c2ccc(OCc3ccccc3Cl)cc2)NN1. The van der Waals surface area contributed by atoms with E-state index < -0.39 is 0 Å². The number of carbonyl (C=O) groups excluding carboxylic acids is 1. The van der Waals surface area contributed by atoms with Crippen LogP contribution in [0.3, 0.4) is 0 Å². The number of benzene rings is 3. The normalized spacial score (nSPS) is 18.1. The van der Waals surface area contributed by atoms with Crippen LogP contribution in [0.15, 0.2) is 82.4 Å². The molecule has 6 nitrogen and oxygen atoms in total. The highest BCUT2D eigenvalue weighted by atomic mass is 79.9. The number of nitrogens with one attached hydrogen (secondary N) is 3. The van der Waals surface area contributed by atoms with Gasteiger partial charge in [-0.3, -0.25) is 4.79 Å². The van der Waals surface area contributed by atoms with Crippen molar-refractivity contribution in [3.63, 3.8) is 0 Å². The maximum Gasteiger partial charge on any atom is 0.258 e. The lowest BCUT2D eigenvalue weighted by Gasteiger charge is -2.12. The second-order valence-electron chi connectivity index (χ2n) is 7.37. The third-order valence-corrected chi connectivity index (χ3v) is 5.95. The van der Waals surface area contributed by atoms with Crippen LogP contribution in [0.25, 0.3) is 0 Å². The molecule has 3 N–H and O–H groups in total. The highest BCUT2D eigenvalue weighted by Crippen LogP contribution is 2.25. The number of rotatable bonds is 7. The van der Waals surface area contributed by atoms with Gasteiger partial charge in [-0.2, -0.15) is 5.10 Å². The number of amides is 1. The van der Waals surface area contributed by atoms with Crippen LogP contribution in [0.1, 0.15) is 29.2 Å². The van der Waals surface area contributed by atoms with Gasteiger partial charge in [0.15, 0.2) is 0 Å². The largest absolute Gasteiger partial charge is 0.489 e. The molecular weight excluding hydrogens is 492 g/mol. The molecule has 0 saturated carbocycles. The number of hydrogen-bond donors (Lipinski definition) is 3. The molecule has 3 aromatic carbocycles. The van der Waals surface area contributed by atoms with Crippen LogP contribution < -0.4 is 21.0 Å². The lowest BCUT2D eigenvalue weighted by Crippen LogP contribution is -2.41. The molecule has 1 saturated heterocycles. The van der Waals surface area contributed by atoms with Gasteiger partial charge in [0.1, 0.15) is 18.4 Å². The van der Waals surface area contributed by atoms with E-state index in [9.17, 15) is 4.79 Å². The molecule has 8 heteroatoms. The maximum absolute atomic E-state index is 12.4. The molecule has 1 heterocycles. The van der Waals surface area contributed by atoms with Crippen LogP contribution in [0.2, 0.25) is 5.02 Å². The molecule has 0 bridgehead atoms. The molecule has 1 fully saturated rings. The van der Waals surface area contributed by atoms with Gasteiger partial charge in [-0.25, -0.2) is 16.3 Å². The Morgan fingerprint density at radius 3 is 2.72 bits per heavy atom. The minimum absolute atomic E-state index is 0.0115. The van der Waals surface area contributed by atoms with E-state index in [1.54, 1.807) is 6.21 Å². The van der Waals surface area contributed by atoms with Crippen LogP contribution in [0.5, 0.6) is 5.75 Å². The molecule has 0 aromatic heterocycles. The first-order valence-electron chi connectivity index (χ1n) is 10.1. The molecule has 2 unspecified atom stereocenters. The number of carbonyl (C=O) groups is 1. The number of ether oxygens (including phenoxy) is 1. The first-order valence-corrected chi connectivity index (χ1v) is 11.3. The van der Waals surface area contributed by atoms with Crippen molar-refractivity contribution in [2.45, 2.75) is 25.1 Å². The van der Waals surface area contributed by atoms with E-state index in [4.69, 9.17) is 16.3 Å². The Morgan fingerprint density at radius 2 is 1.94 bits per heavy atom. The van der Waals surface area contributed by atoms with Gasteiger partial charge in [0, 0.05) is 21.1 Å². The minimum atomic E-state index is -0.379. The Kier molecular flexibility index (Phi) is 7.55. The van der Waals surface area contributed by atoms with Crippen molar-refractivity contribution in [3.8, 4) is 5.75 Å². The number of halogens is 2. The van der Waals surface area contributed by atoms with Gasteiger partial charge < -0.3 is 4.74 Å². The molecule has 3 aromatic rings. The second kappa shape index (κ2) is 10.7. The predicted octanol–water partition coefficient (Wildman–Crippen LogP) is 4.74. The summed E-state index contributed by atoms with van der Waals surface area (Å²) in [5.74, 6) is 0.571. The lowest BCUT2D eigenvalue weighted by atomic mass is 10.0. The zero-order valence-corrected chi connectivity index (χ0v) is 19.4. The molecule has 164 valence electrons. The Balaban J connectivity index is 1.27. The second-order valence-corrected chi connectivity index (χ2v) is 8.69. The van der Waals surface area contributed by atoms with Crippen molar-refractivity contribution >= 4 is 39.7 Å². The van der Waals surface area contributed by atoms with Gasteiger partial charge in [0.25, 0.3) is 5.91 Å². The van der Waals surface area contributed by atoms with Gasteiger partial charge >= 0.3 is 0 Å². The summed E-state index contributed by atoms with van der Waals surface area (Å²) in [6.45, 7) is 0.408. The summed E-state index contributed by atoms with van der Waals surface area (Å²) in [5, 5.41) is 4.74. The first kappa shape index (κ1) is 22.5. The van der Waals surface area contributed by atoms with Crippen molar-refractivity contribution in [2.24, 2.45) is 5.10 Å². The lowest BCUT2D eigenvalue weighted by molar-refractivity contribution is -0.122. The fraction of sp³-hybridized carbons (Fsp3) is 0.167. The van der Waals surface area contributed by atoms with E-state index in [1.165, 1.54) is 0 Å². The quantitative estimate of drug-likeness (QED) is 0.315. The number of nitrogens with zero attached hydrogens (tertiary/aromatic N) is 1. The van der Waals surface area contributed by atoms with Crippen LogP contribution in [0.4, 0.5) is 0 Å². The van der Waals surface area contributed by atoms with E-state index in [0.29, 0.717) is 18.1 Å². The monoisotopic (exact) mass is 512 g/mol. The third kappa shape index (κ3) is 5.95. The van der Waals surface area contributed by atoms with Crippen molar-refractivity contribution in [2.75, 3.05) is 0 Å². The van der Waals surface area contributed by atoms with Crippen LogP contribution in [-0.2, 0) is 11.4 Å². The molecule has 1 amide bonds. The molecule has 1 aliphatic rings. The molecule has 0 radical (unpaired) electrons. The summed E-state index contributed by atoms with van der Waals surface area (Å²) in [4.78, 5) is 12.4. The summed E-state index contributed by atoms with van der Waals surface area (Å²) < 4.78 is 6.79. The third-order valence-electron chi connectivity index (χ3n) is 5.09. The minimum Gasteiger partial charge on any atom is -0.489 e. The molecule has 32 heavy (non-hydrogen) atoms. The van der Waals surface area contributed by atoms with Gasteiger partial charge in [0.05, 0.1) is 6.21 Å². The fourth-order valence-electron chi connectivity index (χ4n) is 3.35. The summed E-state index contributed by atoms with van der Waals surface area (Å²) >= 11 is 9.58. The van der Waals surface area contributed by atoms with E-state index in [1.807, 2.05) is 72.8 Å².